The number of nitro groups is 1. The Labute approximate surface area is 72.6 Å². The fourth-order valence-electron chi connectivity index (χ4n) is 0.457. The molecule has 0 amide bonds. The van der Waals surface area contributed by atoms with E-state index in [4.69, 9.17) is 5.11 Å². The fraction of sp³-hybridized carbons (Fsp3) is 0. The van der Waals surface area contributed by atoms with Crippen LogP contribution < -0.4 is 0 Å². The van der Waals surface area contributed by atoms with Crippen molar-refractivity contribution in [1.82, 2.24) is 0 Å². The molecule has 6 heteroatoms. The molecule has 0 saturated heterocycles. The average molecular weight is 187 g/mol. The monoisotopic (exact) mass is 187 g/mol. The van der Waals surface area contributed by atoms with Gasteiger partial charge in [-0.25, -0.2) is 9.18 Å². The Balaban J connectivity index is 4.96. The molecule has 0 heterocycles. The molecule has 0 spiro atoms. The fourth-order valence-corrected chi connectivity index (χ4v) is 0.457. The van der Waals surface area contributed by atoms with E-state index in [1.165, 1.54) is 0 Å². The third kappa shape index (κ3) is 3.28. The zero-order valence-corrected chi connectivity index (χ0v) is 6.49. The summed E-state index contributed by atoms with van der Waals surface area (Å²) in [6.45, 7) is 5.65. The van der Waals surface area contributed by atoms with Crippen LogP contribution in [0.25, 0.3) is 0 Å². The summed E-state index contributed by atoms with van der Waals surface area (Å²) in [5.41, 5.74) is -1.59. The second kappa shape index (κ2) is 4.15. The Hall–Kier alpha value is -1.98. The van der Waals surface area contributed by atoms with E-state index in [9.17, 15) is 19.3 Å². The van der Waals surface area contributed by atoms with Gasteiger partial charge >= 0.3 is 11.7 Å². The molecule has 0 aliphatic heterocycles. The third-order valence-electron chi connectivity index (χ3n) is 1.06. The predicted octanol–water partition coefficient (Wildman–Crippen LogP) is 1.27. The molecule has 0 atom stereocenters. The van der Waals surface area contributed by atoms with Crippen molar-refractivity contribution in [3.05, 3.63) is 46.4 Å². The third-order valence-corrected chi connectivity index (χ3v) is 1.06. The molecule has 13 heavy (non-hydrogen) atoms. The lowest BCUT2D eigenvalue weighted by molar-refractivity contribution is -0.422. The highest BCUT2D eigenvalue weighted by molar-refractivity contribution is 5.89. The highest BCUT2D eigenvalue weighted by Crippen LogP contribution is 2.11. The molecule has 70 valence electrons. The summed E-state index contributed by atoms with van der Waals surface area (Å²) in [7, 11) is 0. The second-order valence-electron chi connectivity index (χ2n) is 2.02. The van der Waals surface area contributed by atoms with Gasteiger partial charge in [-0.2, -0.15) is 0 Å². The number of carbonyl (C=O) groups is 1. The predicted molar refractivity (Wildman–Crippen MR) is 42.1 cm³/mol. The van der Waals surface area contributed by atoms with Gasteiger partial charge in [0.2, 0.25) is 0 Å². The van der Waals surface area contributed by atoms with Crippen molar-refractivity contribution in [2.24, 2.45) is 0 Å². The van der Waals surface area contributed by atoms with E-state index in [-0.39, 0.29) is 0 Å². The molecule has 0 unspecified atom stereocenters. The van der Waals surface area contributed by atoms with Crippen LogP contribution in [0.5, 0.6) is 0 Å². The summed E-state index contributed by atoms with van der Waals surface area (Å²) in [5.74, 6) is -2.77. The van der Waals surface area contributed by atoms with Gasteiger partial charge in [0, 0.05) is 6.08 Å². The quantitative estimate of drug-likeness (QED) is 0.311. The first-order chi connectivity index (χ1) is 5.86. The van der Waals surface area contributed by atoms with Gasteiger partial charge in [-0.1, -0.05) is 13.2 Å². The lowest BCUT2D eigenvalue weighted by atomic mass is 10.2. The summed E-state index contributed by atoms with van der Waals surface area (Å²) in [5, 5.41) is 18.4. The molecule has 0 aromatic rings. The van der Waals surface area contributed by atoms with E-state index in [0.717, 1.165) is 0 Å². The number of hydrogen-bond acceptors (Lipinski definition) is 3. The van der Waals surface area contributed by atoms with Crippen molar-refractivity contribution >= 4 is 5.97 Å². The van der Waals surface area contributed by atoms with Gasteiger partial charge in [0.05, 0.1) is 10.5 Å². The van der Waals surface area contributed by atoms with Crippen LogP contribution in [0.15, 0.2) is 36.3 Å². The van der Waals surface area contributed by atoms with Gasteiger partial charge < -0.3 is 5.11 Å². The molecule has 0 saturated carbocycles. The van der Waals surface area contributed by atoms with Crippen molar-refractivity contribution in [1.29, 1.82) is 0 Å². The lowest BCUT2D eigenvalue weighted by Gasteiger charge is -1.93. The lowest BCUT2D eigenvalue weighted by Crippen LogP contribution is -2.03. The first-order valence-corrected chi connectivity index (χ1v) is 2.99. The minimum atomic E-state index is -1.46. The van der Waals surface area contributed by atoms with E-state index in [0.29, 0.717) is 6.08 Å². The van der Waals surface area contributed by atoms with Crippen LogP contribution in [-0.2, 0) is 4.79 Å². The summed E-state index contributed by atoms with van der Waals surface area (Å²) in [6, 6.07) is 0. The largest absolute Gasteiger partial charge is 0.478 e. The van der Waals surface area contributed by atoms with Gasteiger partial charge in [0.15, 0.2) is 5.83 Å². The standard InChI is InChI=1S/C7H6FNO4/c1-4(7(10)11)3-6(5(2)8)9(12)13/h3H,1-2H2,(H,10,11)/b6-3+. The van der Waals surface area contributed by atoms with Crippen molar-refractivity contribution < 1.29 is 19.2 Å². The number of aliphatic carboxylic acids is 1. The SMILES string of the molecule is C=C(/C=C(\C(=C)F)[N+](=O)[O-])C(=O)O. The Morgan fingerprint density at radius 2 is 2.00 bits per heavy atom. The average Bonchev–Trinajstić information content (AvgIpc) is 1.97. The Bertz CT molecular complexity index is 302. The van der Waals surface area contributed by atoms with E-state index in [2.05, 4.69) is 13.2 Å². The molecule has 0 aromatic heterocycles. The van der Waals surface area contributed by atoms with Crippen LogP contribution in [0.3, 0.4) is 0 Å². The Kier molecular flexibility index (Phi) is 3.52. The molecule has 0 aliphatic rings. The Morgan fingerprint density at radius 1 is 1.54 bits per heavy atom. The number of halogens is 1. The number of allylic oxidation sites excluding steroid dienone is 1. The zero-order chi connectivity index (χ0) is 10.6. The number of hydrogen-bond donors (Lipinski definition) is 1. The number of nitrogens with zero attached hydrogens (tertiary/aromatic N) is 1. The summed E-state index contributed by atoms with van der Waals surface area (Å²) in [6.07, 6.45) is 0.505. The van der Waals surface area contributed by atoms with E-state index < -0.39 is 28.0 Å². The second-order valence-corrected chi connectivity index (χ2v) is 2.02. The maximum absolute atomic E-state index is 12.3. The smallest absolute Gasteiger partial charge is 0.335 e. The van der Waals surface area contributed by atoms with Gasteiger partial charge in [-0.05, 0) is 0 Å². The highest BCUT2D eigenvalue weighted by Gasteiger charge is 2.17. The minimum Gasteiger partial charge on any atom is -0.478 e. The van der Waals surface area contributed by atoms with Gasteiger partial charge in [0.25, 0.3) is 0 Å². The molecule has 0 fully saturated rings. The van der Waals surface area contributed by atoms with Crippen LogP contribution in [-0.4, -0.2) is 16.0 Å². The normalized spacial score (nSPS) is 10.7. The number of carboxylic acid groups (broad SMARTS) is 1. The van der Waals surface area contributed by atoms with Crippen LogP contribution in [0.2, 0.25) is 0 Å². The number of carboxylic acids is 1. The van der Waals surface area contributed by atoms with Crippen molar-refractivity contribution in [2.45, 2.75) is 0 Å². The molecule has 1 N–H and O–H groups in total. The summed E-state index contributed by atoms with van der Waals surface area (Å²) >= 11 is 0. The first kappa shape index (κ1) is 11.0. The van der Waals surface area contributed by atoms with E-state index >= 15 is 0 Å². The molecule has 0 rings (SSSR count). The van der Waals surface area contributed by atoms with Crippen LogP contribution in [0.4, 0.5) is 4.39 Å². The maximum atomic E-state index is 12.3. The number of rotatable bonds is 4. The van der Waals surface area contributed by atoms with Crippen molar-refractivity contribution in [3.63, 3.8) is 0 Å². The van der Waals surface area contributed by atoms with Crippen LogP contribution >= 0.6 is 0 Å². The molecular weight excluding hydrogens is 181 g/mol. The van der Waals surface area contributed by atoms with Gasteiger partial charge in [-0.3, -0.25) is 10.1 Å². The van der Waals surface area contributed by atoms with Crippen LogP contribution in [0, 0.1) is 10.1 Å². The molecule has 0 aliphatic carbocycles. The van der Waals surface area contributed by atoms with E-state index in [1.54, 1.807) is 0 Å². The molecular formula is C7H6FNO4. The van der Waals surface area contributed by atoms with Crippen LogP contribution in [0.1, 0.15) is 0 Å². The molecule has 0 aromatic carbocycles. The Morgan fingerprint density at radius 3 is 2.23 bits per heavy atom. The summed E-state index contributed by atoms with van der Waals surface area (Å²) in [4.78, 5) is 19.2. The first-order valence-electron chi connectivity index (χ1n) is 2.99. The summed E-state index contributed by atoms with van der Waals surface area (Å²) < 4.78 is 12.3. The van der Waals surface area contributed by atoms with E-state index in [1.807, 2.05) is 0 Å². The van der Waals surface area contributed by atoms with Gasteiger partial charge in [-0.15, -0.1) is 0 Å². The topological polar surface area (TPSA) is 80.4 Å². The highest BCUT2D eigenvalue weighted by atomic mass is 19.1. The molecule has 0 bridgehead atoms. The maximum Gasteiger partial charge on any atom is 0.335 e. The minimum absolute atomic E-state index is 0.505. The molecule has 5 nitrogen and oxygen atoms in total. The van der Waals surface area contributed by atoms with Gasteiger partial charge in [0.1, 0.15) is 0 Å². The van der Waals surface area contributed by atoms with Crippen molar-refractivity contribution in [3.8, 4) is 0 Å². The van der Waals surface area contributed by atoms with Crippen molar-refractivity contribution in [2.75, 3.05) is 0 Å². The zero-order valence-electron chi connectivity index (χ0n) is 6.49. The molecule has 0 radical (unpaired) electrons.